The number of hydrogen-bond acceptors (Lipinski definition) is 4. The molecule has 0 bridgehead atoms. The summed E-state index contributed by atoms with van der Waals surface area (Å²) in [6, 6.07) is 13.5. The van der Waals surface area contributed by atoms with E-state index in [0.717, 1.165) is 11.1 Å². The van der Waals surface area contributed by atoms with Crippen LogP contribution in [0.1, 0.15) is 17.2 Å². The van der Waals surface area contributed by atoms with Gasteiger partial charge in [-0.3, -0.25) is 4.79 Å². The van der Waals surface area contributed by atoms with Crippen LogP contribution in [0.15, 0.2) is 48.5 Å². The molecule has 5 nitrogen and oxygen atoms in total. The van der Waals surface area contributed by atoms with E-state index in [2.05, 4.69) is 0 Å². The smallest absolute Gasteiger partial charge is 0.246 e. The molecule has 0 saturated carbocycles. The van der Waals surface area contributed by atoms with Crippen molar-refractivity contribution in [1.82, 2.24) is 4.90 Å². The molecule has 6 heteroatoms. The Morgan fingerprint density at radius 2 is 2.04 bits per heavy atom. The first-order valence-electron chi connectivity index (χ1n) is 8.43. The number of carbonyl (C=O) groups excluding carboxylic acids is 1. The van der Waals surface area contributed by atoms with Gasteiger partial charge >= 0.3 is 0 Å². The highest BCUT2D eigenvalue weighted by Gasteiger charge is 2.24. The third-order valence-corrected chi connectivity index (χ3v) is 4.70. The van der Waals surface area contributed by atoms with Gasteiger partial charge in [-0.2, -0.15) is 0 Å². The third kappa shape index (κ3) is 3.54. The topological polar surface area (TPSA) is 48.0 Å². The largest absolute Gasteiger partial charge is 0.454 e. The van der Waals surface area contributed by atoms with Crippen molar-refractivity contribution in [1.29, 1.82) is 0 Å². The highest BCUT2D eigenvalue weighted by atomic mass is 35.5. The highest BCUT2D eigenvalue weighted by molar-refractivity contribution is 6.32. The second-order valence-electron chi connectivity index (χ2n) is 6.12. The number of hydrogen-bond donors (Lipinski definition) is 0. The molecule has 1 fully saturated rings. The van der Waals surface area contributed by atoms with Gasteiger partial charge in [0.05, 0.1) is 18.2 Å². The Hall–Kier alpha value is -2.50. The molecule has 0 radical (unpaired) electrons. The van der Waals surface area contributed by atoms with E-state index in [0.29, 0.717) is 36.2 Å². The second kappa shape index (κ2) is 7.40. The molecule has 1 amide bonds. The summed E-state index contributed by atoms with van der Waals surface area (Å²) in [5, 5.41) is 0.475. The molecular formula is C20H18ClNO4. The third-order valence-electron chi connectivity index (χ3n) is 4.42. The van der Waals surface area contributed by atoms with Crippen molar-refractivity contribution in [2.24, 2.45) is 0 Å². The average molecular weight is 372 g/mol. The van der Waals surface area contributed by atoms with Crippen molar-refractivity contribution >= 4 is 23.6 Å². The zero-order valence-corrected chi connectivity index (χ0v) is 14.8. The number of nitrogens with zero attached hydrogens (tertiary/aromatic N) is 1. The summed E-state index contributed by atoms with van der Waals surface area (Å²) in [6.45, 7) is 1.80. The molecule has 0 N–H and O–H groups in total. The predicted molar refractivity (Wildman–Crippen MR) is 98.3 cm³/mol. The fourth-order valence-corrected chi connectivity index (χ4v) is 3.35. The Balaban J connectivity index is 1.44. The van der Waals surface area contributed by atoms with Gasteiger partial charge in [-0.25, -0.2) is 0 Å². The minimum Gasteiger partial charge on any atom is -0.454 e. The van der Waals surface area contributed by atoms with Gasteiger partial charge in [0.25, 0.3) is 0 Å². The molecule has 2 aromatic carbocycles. The van der Waals surface area contributed by atoms with Crippen LogP contribution in [0.2, 0.25) is 5.02 Å². The van der Waals surface area contributed by atoms with Gasteiger partial charge in [-0.1, -0.05) is 41.9 Å². The number of amides is 1. The lowest BCUT2D eigenvalue weighted by molar-refractivity contribution is -0.133. The number of fused-ring (bicyclic) bond motifs is 1. The monoisotopic (exact) mass is 371 g/mol. The van der Waals surface area contributed by atoms with Crippen molar-refractivity contribution in [2.75, 3.05) is 26.5 Å². The molecular weight excluding hydrogens is 354 g/mol. The van der Waals surface area contributed by atoms with E-state index < -0.39 is 0 Å². The van der Waals surface area contributed by atoms with Crippen LogP contribution >= 0.6 is 11.6 Å². The molecule has 134 valence electrons. The van der Waals surface area contributed by atoms with E-state index in [1.807, 2.05) is 36.4 Å². The van der Waals surface area contributed by atoms with Crippen LogP contribution in [0.4, 0.5) is 0 Å². The van der Waals surface area contributed by atoms with Crippen LogP contribution < -0.4 is 9.47 Å². The standard InChI is InChI=1S/C20H18ClNO4/c21-16-10-14(11-17-20(16)26-13-25-17)6-7-19(23)22-8-9-24-18(12-22)15-4-2-1-3-5-15/h1-7,10-11,18H,8-9,12-13H2/b7-6+. The van der Waals surface area contributed by atoms with E-state index in [-0.39, 0.29) is 18.8 Å². The lowest BCUT2D eigenvalue weighted by Crippen LogP contribution is -2.41. The van der Waals surface area contributed by atoms with Gasteiger partial charge in [-0.05, 0) is 29.3 Å². The molecule has 2 heterocycles. The minimum absolute atomic E-state index is 0.0528. The number of morpholine rings is 1. The number of carbonyl (C=O) groups is 1. The van der Waals surface area contributed by atoms with Crippen molar-refractivity contribution < 1.29 is 19.0 Å². The number of ether oxygens (including phenoxy) is 3. The summed E-state index contributed by atoms with van der Waals surface area (Å²) in [7, 11) is 0. The Morgan fingerprint density at radius 3 is 2.88 bits per heavy atom. The molecule has 1 atom stereocenters. The Morgan fingerprint density at radius 1 is 1.19 bits per heavy atom. The lowest BCUT2D eigenvalue weighted by atomic mass is 10.1. The number of halogens is 1. The molecule has 2 aromatic rings. The normalized spacial score (nSPS) is 19.1. The van der Waals surface area contributed by atoms with Crippen LogP contribution in [0.5, 0.6) is 11.5 Å². The van der Waals surface area contributed by atoms with E-state index in [9.17, 15) is 4.79 Å². The first-order chi connectivity index (χ1) is 12.7. The molecule has 0 aromatic heterocycles. The maximum absolute atomic E-state index is 12.6. The van der Waals surface area contributed by atoms with Crippen LogP contribution in [-0.2, 0) is 9.53 Å². The van der Waals surface area contributed by atoms with Gasteiger partial charge < -0.3 is 19.1 Å². The van der Waals surface area contributed by atoms with E-state index in [1.54, 1.807) is 23.1 Å². The zero-order valence-electron chi connectivity index (χ0n) is 14.1. The molecule has 1 saturated heterocycles. The Bertz CT molecular complexity index is 837. The van der Waals surface area contributed by atoms with Crippen molar-refractivity contribution in [3.63, 3.8) is 0 Å². The Kier molecular flexibility index (Phi) is 4.82. The number of benzene rings is 2. The van der Waals surface area contributed by atoms with E-state index in [4.69, 9.17) is 25.8 Å². The Labute approximate surface area is 156 Å². The summed E-state index contributed by atoms with van der Waals surface area (Å²) in [6.07, 6.45) is 3.20. The molecule has 0 spiro atoms. The fraction of sp³-hybridized carbons (Fsp3) is 0.250. The van der Waals surface area contributed by atoms with Gasteiger partial charge in [-0.15, -0.1) is 0 Å². The molecule has 2 aliphatic rings. The predicted octanol–water partition coefficient (Wildman–Crippen LogP) is 3.68. The van der Waals surface area contributed by atoms with E-state index in [1.165, 1.54) is 0 Å². The van der Waals surface area contributed by atoms with Crippen LogP contribution in [0.25, 0.3) is 6.08 Å². The quantitative estimate of drug-likeness (QED) is 0.772. The first kappa shape index (κ1) is 16.9. The molecule has 0 aliphatic carbocycles. The SMILES string of the molecule is O=C(/C=C/c1cc(Cl)c2c(c1)OCO2)N1CCOC(c2ccccc2)C1. The van der Waals surface area contributed by atoms with Gasteiger partial charge in [0.1, 0.15) is 6.10 Å². The molecule has 4 rings (SSSR count). The van der Waals surface area contributed by atoms with Gasteiger partial charge in [0.15, 0.2) is 11.5 Å². The van der Waals surface area contributed by atoms with Crippen molar-refractivity contribution in [3.05, 3.63) is 64.7 Å². The average Bonchev–Trinajstić information content (AvgIpc) is 3.16. The maximum Gasteiger partial charge on any atom is 0.246 e. The van der Waals surface area contributed by atoms with Crippen LogP contribution in [-0.4, -0.2) is 37.3 Å². The summed E-state index contributed by atoms with van der Waals surface area (Å²) >= 11 is 6.17. The van der Waals surface area contributed by atoms with Crippen molar-refractivity contribution in [2.45, 2.75) is 6.10 Å². The molecule has 2 aliphatic heterocycles. The molecule has 26 heavy (non-hydrogen) atoms. The summed E-state index contributed by atoms with van der Waals surface area (Å²) in [5.41, 5.74) is 1.87. The van der Waals surface area contributed by atoms with Crippen LogP contribution in [0, 0.1) is 0 Å². The maximum atomic E-state index is 12.6. The first-order valence-corrected chi connectivity index (χ1v) is 8.81. The van der Waals surface area contributed by atoms with Crippen LogP contribution in [0.3, 0.4) is 0 Å². The summed E-state index contributed by atoms with van der Waals surface area (Å²) < 4.78 is 16.5. The lowest BCUT2D eigenvalue weighted by Gasteiger charge is -2.32. The minimum atomic E-state index is -0.0951. The fourth-order valence-electron chi connectivity index (χ4n) is 3.08. The van der Waals surface area contributed by atoms with Gasteiger partial charge in [0.2, 0.25) is 12.7 Å². The highest BCUT2D eigenvalue weighted by Crippen LogP contribution is 2.40. The summed E-state index contributed by atoms with van der Waals surface area (Å²) in [5.74, 6) is 1.09. The molecule has 1 unspecified atom stereocenters. The van der Waals surface area contributed by atoms with Gasteiger partial charge in [0, 0.05) is 12.6 Å². The second-order valence-corrected chi connectivity index (χ2v) is 6.53. The number of rotatable bonds is 3. The zero-order chi connectivity index (χ0) is 17.9. The van der Waals surface area contributed by atoms with E-state index >= 15 is 0 Å². The summed E-state index contributed by atoms with van der Waals surface area (Å²) in [4.78, 5) is 14.4. The van der Waals surface area contributed by atoms with Crippen molar-refractivity contribution in [3.8, 4) is 11.5 Å².